The molecule has 0 amide bonds. The highest BCUT2D eigenvalue weighted by Crippen LogP contribution is 2.35. The number of halogens is 3. The van der Waals surface area contributed by atoms with Crippen LogP contribution in [0, 0.1) is 5.92 Å². The molecule has 1 aromatic carbocycles. The highest BCUT2D eigenvalue weighted by Gasteiger charge is 2.33. The molecule has 1 N–H and O–H groups in total. The van der Waals surface area contributed by atoms with Gasteiger partial charge in [0.15, 0.2) is 0 Å². The van der Waals surface area contributed by atoms with Crippen LogP contribution >= 0.6 is 0 Å². The maximum absolute atomic E-state index is 12.4. The molecule has 2 rings (SSSR count). The Kier molecular flexibility index (Phi) is 2.61. The summed E-state index contributed by atoms with van der Waals surface area (Å²) in [7, 11) is 0. The zero-order valence-corrected chi connectivity index (χ0v) is 8.33. The fraction of sp³-hybridized carbons (Fsp3) is 0.364. The summed E-state index contributed by atoms with van der Waals surface area (Å²) in [4.78, 5) is 0. The summed E-state index contributed by atoms with van der Waals surface area (Å²) in [6, 6.07) is 4.88. The van der Waals surface area contributed by atoms with E-state index in [1.165, 1.54) is 12.1 Å². The fourth-order valence-electron chi connectivity index (χ4n) is 1.59. The van der Waals surface area contributed by atoms with Gasteiger partial charge in [-0.05, 0) is 25.0 Å². The lowest BCUT2D eigenvalue weighted by Gasteiger charge is -2.09. The smallest absolute Gasteiger partial charge is 0.411 e. The van der Waals surface area contributed by atoms with Crippen LogP contribution in [0.1, 0.15) is 24.0 Å². The van der Waals surface area contributed by atoms with Gasteiger partial charge in [-0.25, -0.2) is 0 Å². The molecule has 1 aromatic rings. The SMILES string of the molecule is ON=C(c1cccc(C(F)(F)F)c1)C1CC1. The second-order valence-electron chi connectivity index (χ2n) is 3.84. The summed E-state index contributed by atoms with van der Waals surface area (Å²) in [6.07, 6.45) is -2.62. The van der Waals surface area contributed by atoms with Crippen molar-refractivity contribution in [3.8, 4) is 0 Å². The molecule has 16 heavy (non-hydrogen) atoms. The molecule has 0 saturated heterocycles. The van der Waals surface area contributed by atoms with E-state index in [0.717, 1.165) is 25.0 Å². The van der Waals surface area contributed by atoms with E-state index in [0.29, 0.717) is 11.3 Å². The zero-order valence-electron chi connectivity index (χ0n) is 8.33. The minimum atomic E-state index is -4.36. The third-order valence-electron chi connectivity index (χ3n) is 2.56. The van der Waals surface area contributed by atoms with Crippen molar-refractivity contribution in [2.45, 2.75) is 19.0 Å². The van der Waals surface area contributed by atoms with Gasteiger partial charge in [0.1, 0.15) is 0 Å². The van der Waals surface area contributed by atoms with E-state index < -0.39 is 11.7 Å². The Balaban J connectivity index is 2.35. The molecule has 2 nitrogen and oxygen atoms in total. The van der Waals surface area contributed by atoms with Crippen molar-refractivity contribution in [2.24, 2.45) is 11.1 Å². The van der Waals surface area contributed by atoms with Crippen LogP contribution in [-0.4, -0.2) is 10.9 Å². The lowest BCUT2D eigenvalue weighted by molar-refractivity contribution is -0.137. The van der Waals surface area contributed by atoms with Crippen molar-refractivity contribution in [3.63, 3.8) is 0 Å². The molecule has 0 spiro atoms. The lowest BCUT2D eigenvalue weighted by Crippen LogP contribution is -2.09. The molecule has 0 radical (unpaired) electrons. The number of hydrogen-bond donors (Lipinski definition) is 1. The molecule has 1 saturated carbocycles. The summed E-state index contributed by atoms with van der Waals surface area (Å²) in [6.45, 7) is 0. The van der Waals surface area contributed by atoms with Gasteiger partial charge in [0.2, 0.25) is 0 Å². The molecule has 1 aliphatic rings. The van der Waals surface area contributed by atoms with Crippen molar-refractivity contribution in [2.75, 3.05) is 0 Å². The number of benzene rings is 1. The van der Waals surface area contributed by atoms with Crippen LogP contribution in [0.5, 0.6) is 0 Å². The minimum absolute atomic E-state index is 0.105. The van der Waals surface area contributed by atoms with E-state index in [4.69, 9.17) is 5.21 Å². The third-order valence-corrected chi connectivity index (χ3v) is 2.56. The van der Waals surface area contributed by atoms with Gasteiger partial charge in [0, 0.05) is 11.5 Å². The van der Waals surface area contributed by atoms with E-state index in [1.807, 2.05) is 0 Å². The van der Waals surface area contributed by atoms with Crippen molar-refractivity contribution in [1.82, 2.24) is 0 Å². The highest BCUT2D eigenvalue weighted by molar-refractivity contribution is 6.03. The van der Waals surface area contributed by atoms with Crippen molar-refractivity contribution in [1.29, 1.82) is 0 Å². The van der Waals surface area contributed by atoms with E-state index in [-0.39, 0.29) is 5.92 Å². The van der Waals surface area contributed by atoms with Gasteiger partial charge in [-0.2, -0.15) is 13.2 Å². The first-order valence-corrected chi connectivity index (χ1v) is 4.92. The first-order valence-electron chi connectivity index (χ1n) is 4.92. The Labute approximate surface area is 90.4 Å². The van der Waals surface area contributed by atoms with Gasteiger partial charge in [-0.15, -0.1) is 0 Å². The normalized spacial score (nSPS) is 17.6. The molecule has 0 atom stereocenters. The monoisotopic (exact) mass is 229 g/mol. The van der Waals surface area contributed by atoms with Crippen molar-refractivity contribution >= 4 is 5.71 Å². The van der Waals surface area contributed by atoms with E-state index in [1.54, 1.807) is 0 Å². The number of oxime groups is 1. The Morgan fingerprint density at radius 3 is 2.50 bits per heavy atom. The molecular formula is C11H10F3NO. The number of rotatable bonds is 2. The molecule has 0 aromatic heterocycles. The molecular weight excluding hydrogens is 219 g/mol. The highest BCUT2D eigenvalue weighted by atomic mass is 19.4. The second-order valence-corrected chi connectivity index (χ2v) is 3.84. The van der Waals surface area contributed by atoms with Crippen LogP contribution in [-0.2, 0) is 6.18 Å². The average molecular weight is 229 g/mol. The predicted molar refractivity (Wildman–Crippen MR) is 52.5 cm³/mol. The number of alkyl halides is 3. The second kappa shape index (κ2) is 3.81. The summed E-state index contributed by atoms with van der Waals surface area (Å²) in [5, 5.41) is 11.9. The maximum atomic E-state index is 12.4. The van der Waals surface area contributed by atoms with Gasteiger partial charge >= 0.3 is 6.18 Å². The summed E-state index contributed by atoms with van der Waals surface area (Å²) in [5.41, 5.74) is -0.0160. The predicted octanol–water partition coefficient (Wildman–Crippen LogP) is 3.29. The molecule has 86 valence electrons. The standard InChI is InChI=1S/C11H10F3NO/c12-11(13,14)9-3-1-2-8(6-9)10(15-16)7-4-5-7/h1-3,6-7,16H,4-5H2. The largest absolute Gasteiger partial charge is 0.416 e. The fourth-order valence-corrected chi connectivity index (χ4v) is 1.59. The van der Waals surface area contributed by atoms with E-state index in [9.17, 15) is 13.2 Å². The zero-order chi connectivity index (χ0) is 11.8. The maximum Gasteiger partial charge on any atom is 0.416 e. The Morgan fingerprint density at radius 1 is 1.31 bits per heavy atom. The van der Waals surface area contributed by atoms with E-state index >= 15 is 0 Å². The Morgan fingerprint density at radius 2 is 2.00 bits per heavy atom. The number of nitrogens with zero attached hydrogens (tertiary/aromatic N) is 1. The van der Waals surface area contributed by atoms with Gasteiger partial charge in [0.25, 0.3) is 0 Å². The van der Waals surface area contributed by atoms with Crippen molar-refractivity contribution < 1.29 is 18.4 Å². The van der Waals surface area contributed by atoms with E-state index in [2.05, 4.69) is 5.16 Å². The van der Waals surface area contributed by atoms with Crippen LogP contribution in [0.4, 0.5) is 13.2 Å². The first-order chi connectivity index (χ1) is 7.52. The van der Waals surface area contributed by atoms with Gasteiger partial charge in [0.05, 0.1) is 11.3 Å². The number of hydrogen-bond acceptors (Lipinski definition) is 2. The molecule has 0 unspecified atom stereocenters. The van der Waals surface area contributed by atoms with Crippen LogP contribution in [0.15, 0.2) is 29.4 Å². The summed E-state index contributed by atoms with van der Waals surface area (Å²) < 4.78 is 37.3. The van der Waals surface area contributed by atoms with Gasteiger partial charge < -0.3 is 5.21 Å². The van der Waals surface area contributed by atoms with Crippen LogP contribution in [0.3, 0.4) is 0 Å². The Hall–Kier alpha value is -1.52. The lowest BCUT2D eigenvalue weighted by atomic mass is 10.0. The molecule has 0 bridgehead atoms. The summed E-state index contributed by atoms with van der Waals surface area (Å²) >= 11 is 0. The molecule has 0 heterocycles. The van der Waals surface area contributed by atoms with Crippen LogP contribution in [0.25, 0.3) is 0 Å². The van der Waals surface area contributed by atoms with Crippen LogP contribution < -0.4 is 0 Å². The average Bonchev–Trinajstić information content (AvgIpc) is 3.02. The van der Waals surface area contributed by atoms with Crippen molar-refractivity contribution in [3.05, 3.63) is 35.4 Å². The topological polar surface area (TPSA) is 32.6 Å². The molecule has 0 aliphatic heterocycles. The molecule has 1 aliphatic carbocycles. The molecule has 5 heteroatoms. The van der Waals surface area contributed by atoms with Gasteiger partial charge in [-0.1, -0.05) is 17.3 Å². The summed E-state index contributed by atoms with van der Waals surface area (Å²) in [5.74, 6) is 0.105. The van der Waals surface area contributed by atoms with Crippen LogP contribution in [0.2, 0.25) is 0 Å². The Bertz CT molecular complexity index is 421. The van der Waals surface area contributed by atoms with Gasteiger partial charge in [-0.3, -0.25) is 0 Å². The first kappa shape index (κ1) is 11.0. The molecule has 1 fully saturated rings. The minimum Gasteiger partial charge on any atom is -0.411 e. The third kappa shape index (κ3) is 2.18. The quantitative estimate of drug-likeness (QED) is 0.471.